The first-order valence-electron chi connectivity index (χ1n) is 14.3. The van der Waals surface area contributed by atoms with Gasteiger partial charge in [-0.15, -0.1) is 0 Å². The molecule has 3 heterocycles. The molecule has 3 aromatic carbocycles. The fourth-order valence-corrected chi connectivity index (χ4v) is 6.04. The predicted molar refractivity (Wildman–Crippen MR) is 165 cm³/mol. The second-order valence-electron chi connectivity index (χ2n) is 10.5. The van der Waals surface area contributed by atoms with Gasteiger partial charge in [-0.25, -0.2) is 5.43 Å². The van der Waals surface area contributed by atoms with Crippen molar-refractivity contribution in [1.29, 1.82) is 5.41 Å². The van der Waals surface area contributed by atoms with Gasteiger partial charge in [0.2, 0.25) is 0 Å². The highest BCUT2D eigenvalue weighted by atomic mass is 16.2. The zero-order valence-electron chi connectivity index (χ0n) is 23.3. The standard InChI is InChI=1S/C33H28N8O2/c34-20-36-39-35-16-7-17-41-28-13-6-4-11-25(28)31(38-41)30-29(32(42)37-33(30)43)26-19-40(27-12-5-3-10-24(26)27)23-15-14-21-8-1-2-9-22(21)18-23/h1-3,5,8-15,18-20H,4,6-7,16-17H2,(H2,34,35,36)(H,37,42,43)/p+1. The third-order valence-corrected chi connectivity index (χ3v) is 7.95. The topological polar surface area (TPSA) is 134 Å². The molecule has 0 saturated heterocycles. The summed E-state index contributed by atoms with van der Waals surface area (Å²) in [4.78, 5) is 27.0. The van der Waals surface area contributed by atoms with Gasteiger partial charge < -0.3 is 4.57 Å². The van der Waals surface area contributed by atoms with Gasteiger partial charge in [-0.1, -0.05) is 65.8 Å². The van der Waals surface area contributed by atoms with Gasteiger partial charge in [0.15, 0.2) is 0 Å². The second-order valence-corrected chi connectivity index (χ2v) is 10.5. The zero-order valence-corrected chi connectivity index (χ0v) is 23.3. The molecule has 0 spiro atoms. The first kappa shape index (κ1) is 26.4. The molecule has 2 amide bonds. The first-order valence-corrected chi connectivity index (χ1v) is 14.3. The Balaban J connectivity index is 1.37. The van der Waals surface area contributed by atoms with Crippen LogP contribution in [0.4, 0.5) is 0 Å². The molecule has 4 N–H and O–H groups in total. The van der Waals surface area contributed by atoms with Crippen molar-refractivity contribution in [2.75, 3.05) is 6.54 Å². The lowest BCUT2D eigenvalue weighted by atomic mass is 9.97. The third kappa shape index (κ3) is 4.67. The van der Waals surface area contributed by atoms with Gasteiger partial charge in [0.25, 0.3) is 11.8 Å². The lowest BCUT2D eigenvalue weighted by Crippen LogP contribution is -2.77. The van der Waals surface area contributed by atoms with Crippen molar-refractivity contribution in [2.45, 2.75) is 25.8 Å². The summed E-state index contributed by atoms with van der Waals surface area (Å²) < 4.78 is 4.00. The van der Waals surface area contributed by atoms with Gasteiger partial charge in [0.1, 0.15) is 18.6 Å². The minimum absolute atomic E-state index is 0.305. The number of nitrogens with zero attached hydrogens (tertiary/aromatic N) is 5. The van der Waals surface area contributed by atoms with Gasteiger partial charge in [0, 0.05) is 46.2 Å². The summed E-state index contributed by atoms with van der Waals surface area (Å²) >= 11 is 0. The molecule has 0 radical (unpaired) electrons. The summed E-state index contributed by atoms with van der Waals surface area (Å²) in [5, 5.41) is 26.8. The minimum atomic E-state index is -0.436. The highest BCUT2D eigenvalue weighted by Crippen LogP contribution is 2.36. The molecule has 43 heavy (non-hydrogen) atoms. The fourth-order valence-electron chi connectivity index (χ4n) is 6.04. The van der Waals surface area contributed by atoms with Gasteiger partial charge >= 0.3 is 0 Å². The number of hydrogen-bond donors (Lipinski definition) is 3. The molecule has 0 atom stereocenters. The average Bonchev–Trinajstić information content (AvgIpc) is 3.69. The zero-order chi connectivity index (χ0) is 29.3. The van der Waals surface area contributed by atoms with E-state index >= 15 is 0 Å². The number of aryl methyl sites for hydroxylation is 1. The van der Waals surface area contributed by atoms with Gasteiger partial charge in [-0.3, -0.25) is 25.0 Å². The molecule has 0 unspecified atom stereocenters. The molecule has 7 rings (SSSR count). The molecule has 1 aliphatic carbocycles. The van der Waals surface area contributed by atoms with Crippen LogP contribution >= 0.6 is 0 Å². The van der Waals surface area contributed by atoms with Crippen molar-refractivity contribution in [1.82, 2.24) is 19.7 Å². The van der Waals surface area contributed by atoms with Crippen molar-refractivity contribution in [3.8, 4) is 5.69 Å². The van der Waals surface area contributed by atoms with E-state index in [1.807, 2.05) is 47.3 Å². The number of amides is 2. The van der Waals surface area contributed by atoms with Crippen LogP contribution in [0.1, 0.15) is 30.5 Å². The largest absolute Gasteiger partial charge is 0.316 e. The summed E-state index contributed by atoms with van der Waals surface area (Å²) in [5.41, 5.74) is 5.44. The van der Waals surface area contributed by atoms with Crippen LogP contribution in [0.2, 0.25) is 0 Å². The number of aromatic nitrogens is 3. The van der Waals surface area contributed by atoms with E-state index in [0.29, 0.717) is 35.5 Å². The van der Waals surface area contributed by atoms with Gasteiger partial charge in [-0.05, 0) is 41.8 Å². The molecule has 0 bridgehead atoms. The Morgan fingerprint density at radius 2 is 1.74 bits per heavy atom. The van der Waals surface area contributed by atoms with Crippen molar-refractivity contribution < 1.29 is 15.0 Å². The molecule has 212 valence electrons. The molecular formula is C33H29N8O2+. The molecule has 10 nitrogen and oxygen atoms in total. The monoisotopic (exact) mass is 569 g/mol. The highest BCUT2D eigenvalue weighted by molar-refractivity contribution is 6.49. The second kappa shape index (κ2) is 11.1. The Morgan fingerprint density at radius 1 is 0.953 bits per heavy atom. The molecule has 5 aromatic rings. The van der Waals surface area contributed by atoms with Crippen LogP contribution in [-0.2, 0) is 16.1 Å². The number of carbonyl (C=O) groups excluding carboxylic acids is 2. The summed E-state index contributed by atoms with van der Waals surface area (Å²) in [6, 6.07) is 22.4. The lowest BCUT2D eigenvalue weighted by molar-refractivity contribution is -0.668. The van der Waals surface area contributed by atoms with Crippen molar-refractivity contribution in [3.05, 3.63) is 94.8 Å². The van der Waals surface area contributed by atoms with Crippen LogP contribution < -0.4 is 21.3 Å². The maximum atomic E-state index is 13.5. The van der Waals surface area contributed by atoms with E-state index in [9.17, 15) is 9.59 Å². The number of para-hydroxylation sites is 1. The van der Waals surface area contributed by atoms with E-state index in [0.717, 1.165) is 63.5 Å². The summed E-state index contributed by atoms with van der Waals surface area (Å²) in [6.45, 7) is 1.29. The summed E-state index contributed by atoms with van der Waals surface area (Å²) in [5.74, 6) is -0.856. The van der Waals surface area contributed by atoms with Crippen molar-refractivity contribution in [2.24, 2.45) is 10.3 Å². The molecule has 10 heteroatoms. The number of nitrogens with two attached hydrogens (primary N) is 1. The Labute approximate surface area is 246 Å². The van der Waals surface area contributed by atoms with E-state index in [1.165, 1.54) is 0 Å². The number of hydrogen-bond acceptors (Lipinski definition) is 5. The van der Waals surface area contributed by atoms with Crippen molar-refractivity contribution in [3.63, 3.8) is 0 Å². The number of nitrogens with one attached hydrogen (secondary N) is 2. The number of carbonyl (C=O) groups is 2. The van der Waals surface area contributed by atoms with Crippen LogP contribution in [0.3, 0.4) is 0 Å². The quantitative estimate of drug-likeness (QED) is 0.0479. The number of fused-ring (bicyclic) bond motifs is 3. The Bertz CT molecular complexity index is 2130. The molecular weight excluding hydrogens is 540 g/mol. The fraction of sp³-hybridized carbons (Fsp3) is 0.152. The Kier molecular flexibility index (Phi) is 6.80. The number of benzene rings is 3. The van der Waals surface area contributed by atoms with Crippen LogP contribution in [0, 0.1) is 5.41 Å². The van der Waals surface area contributed by atoms with E-state index in [4.69, 9.17) is 10.5 Å². The van der Waals surface area contributed by atoms with E-state index in [2.05, 4.69) is 62.7 Å². The summed E-state index contributed by atoms with van der Waals surface area (Å²) in [6.07, 6.45) is 9.59. The molecule has 0 saturated carbocycles. The van der Waals surface area contributed by atoms with E-state index in [-0.39, 0.29) is 0 Å². The minimum Gasteiger partial charge on any atom is -0.316 e. The maximum Gasteiger partial charge on any atom is 0.261 e. The number of rotatable bonds is 9. The maximum absolute atomic E-state index is 13.5. The van der Waals surface area contributed by atoms with Gasteiger partial charge in [0.05, 0.1) is 22.0 Å². The van der Waals surface area contributed by atoms with Crippen molar-refractivity contribution >= 4 is 63.1 Å². The lowest BCUT2D eigenvalue weighted by Gasteiger charge is -2.07. The van der Waals surface area contributed by atoms with Crippen LogP contribution in [0.15, 0.2) is 83.3 Å². The predicted octanol–water partition coefficient (Wildman–Crippen LogP) is 2.83. The average molecular weight is 570 g/mol. The van der Waals surface area contributed by atoms with E-state index < -0.39 is 11.8 Å². The van der Waals surface area contributed by atoms with Gasteiger partial charge in [-0.2, -0.15) is 5.10 Å². The van der Waals surface area contributed by atoms with Crippen LogP contribution in [0.25, 0.3) is 50.7 Å². The molecule has 2 aliphatic rings. The highest BCUT2D eigenvalue weighted by Gasteiger charge is 2.36. The Morgan fingerprint density at radius 3 is 2.63 bits per heavy atom. The third-order valence-electron chi connectivity index (χ3n) is 7.95. The molecule has 2 aromatic heterocycles. The number of quaternary nitrogens is 1. The Hall–Kier alpha value is -5.48. The number of imide groups is 1. The smallest absolute Gasteiger partial charge is 0.261 e. The molecule has 0 fully saturated rings. The molecule has 1 aliphatic heterocycles. The summed E-state index contributed by atoms with van der Waals surface area (Å²) in [7, 11) is 0. The first-order chi connectivity index (χ1) is 21.1. The van der Waals surface area contributed by atoms with Crippen LogP contribution in [0.5, 0.6) is 0 Å². The van der Waals surface area contributed by atoms with E-state index in [1.54, 1.807) is 5.43 Å². The van der Waals surface area contributed by atoms with Crippen LogP contribution in [-0.4, -0.2) is 39.0 Å². The normalized spacial score (nSPS) is 14.8. The SMILES string of the molecule is N=CN=N[NH2+]CCCn1nc(C2=C(c3cn(-c4ccc5ccccc5c4)c4ccccc34)C(=O)NC2=O)c2c1=CCCC=2.